The summed E-state index contributed by atoms with van der Waals surface area (Å²) in [4.78, 5) is 25.1. The number of aliphatic carboxylic acids is 1. The summed E-state index contributed by atoms with van der Waals surface area (Å²) >= 11 is 0. The van der Waals surface area contributed by atoms with E-state index in [0.29, 0.717) is 18.9 Å². The normalized spacial score (nSPS) is 28.1. The number of ether oxygens (including phenoxy) is 1. The molecule has 2 saturated heterocycles. The van der Waals surface area contributed by atoms with Gasteiger partial charge < -0.3 is 14.7 Å². The molecule has 2 aliphatic rings. The molecule has 120 valence electrons. The number of likely N-dealkylation sites (tertiary alicyclic amines) is 1. The summed E-state index contributed by atoms with van der Waals surface area (Å²) in [5, 5.41) is 8.91. The van der Waals surface area contributed by atoms with Crippen molar-refractivity contribution in [1.82, 2.24) is 4.90 Å². The molecule has 0 aliphatic carbocycles. The molecule has 0 aromatic carbocycles. The van der Waals surface area contributed by atoms with Crippen LogP contribution in [0, 0.1) is 11.8 Å². The monoisotopic (exact) mass is 297 g/mol. The fourth-order valence-electron chi connectivity index (χ4n) is 3.44. The van der Waals surface area contributed by atoms with E-state index in [1.807, 2.05) is 11.8 Å². The Kier molecular flexibility index (Phi) is 6.03. The maximum absolute atomic E-state index is 12.4. The summed E-state index contributed by atoms with van der Waals surface area (Å²) in [6.07, 6.45) is 6.00. The molecule has 0 aromatic rings. The molecule has 2 aliphatic heterocycles. The van der Waals surface area contributed by atoms with Gasteiger partial charge in [0, 0.05) is 26.1 Å². The molecule has 0 spiro atoms. The highest BCUT2D eigenvalue weighted by Gasteiger charge is 2.29. The van der Waals surface area contributed by atoms with E-state index in [9.17, 15) is 9.59 Å². The Morgan fingerprint density at radius 2 is 2.10 bits per heavy atom. The maximum Gasteiger partial charge on any atom is 0.303 e. The van der Waals surface area contributed by atoms with Crippen molar-refractivity contribution in [3.8, 4) is 0 Å². The van der Waals surface area contributed by atoms with Crippen LogP contribution in [0.15, 0.2) is 0 Å². The molecule has 5 nitrogen and oxygen atoms in total. The standard InChI is InChI=1S/C16H27NO4/c1-12(9-16(19)20)13-5-4-7-17(11-13)15(18)10-14-6-2-3-8-21-14/h12-14H,2-11H2,1H3,(H,19,20). The van der Waals surface area contributed by atoms with Gasteiger partial charge in [-0.15, -0.1) is 0 Å². The Bertz CT molecular complexity index is 365. The summed E-state index contributed by atoms with van der Waals surface area (Å²) < 4.78 is 5.64. The van der Waals surface area contributed by atoms with Gasteiger partial charge >= 0.3 is 5.97 Å². The maximum atomic E-state index is 12.4. The number of carbonyl (C=O) groups is 2. The first kappa shape index (κ1) is 16.3. The Morgan fingerprint density at radius 1 is 1.29 bits per heavy atom. The molecule has 2 heterocycles. The second kappa shape index (κ2) is 7.78. The molecular weight excluding hydrogens is 270 g/mol. The fraction of sp³-hybridized carbons (Fsp3) is 0.875. The van der Waals surface area contributed by atoms with Crippen LogP contribution in [0.1, 0.15) is 51.9 Å². The highest BCUT2D eigenvalue weighted by atomic mass is 16.5. The van der Waals surface area contributed by atoms with Crippen molar-refractivity contribution < 1.29 is 19.4 Å². The number of nitrogens with zero attached hydrogens (tertiary/aromatic N) is 1. The molecule has 0 bridgehead atoms. The first-order chi connectivity index (χ1) is 10.1. The second-order valence-electron chi connectivity index (χ2n) is 6.51. The lowest BCUT2D eigenvalue weighted by Crippen LogP contribution is -2.43. The van der Waals surface area contributed by atoms with E-state index in [0.717, 1.165) is 45.3 Å². The van der Waals surface area contributed by atoms with Gasteiger partial charge in [-0.3, -0.25) is 9.59 Å². The van der Waals surface area contributed by atoms with Crippen LogP contribution < -0.4 is 0 Å². The number of piperidine rings is 1. The lowest BCUT2D eigenvalue weighted by atomic mass is 9.84. The predicted octanol–water partition coefficient (Wildman–Crippen LogP) is 2.30. The van der Waals surface area contributed by atoms with E-state index in [1.165, 1.54) is 0 Å². The third-order valence-electron chi connectivity index (χ3n) is 4.79. The zero-order valence-electron chi connectivity index (χ0n) is 12.9. The van der Waals surface area contributed by atoms with Gasteiger partial charge in [-0.25, -0.2) is 0 Å². The van der Waals surface area contributed by atoms with Crippen LogP contribution in [-0.4, -0.2) is 47.7 Å². The van der Waals surface area contributed by atoms with Crippen LogP contribution in [0.25, 0.3) is 0 Å². The first-order valence-corrected chi connectivity index (χ1v) is 8.17. The molecule has 0 radical (unpaired) electrons. The number of carboxylic acids is 1. The summed E-state index contributed by atoms with van der Waals surface area (Å²) in [5.41, 5.74) is 0. The van der Waals surface area contributed by atoms with Gasteiger partial charge in [-0.2, -0.15) is 0 Å². The molecule has 1 amide bonds. The van der Waals surface area contributed by atoms with Gasteiger partial charge in [0.05, 0.1) is 12.5 Å². The molecule has 21 heavy (non-hydrogen) atoms. The van der Waals surface area contributed by atoms with Gasteiger partial charge in [0.2, 0.25) is 5.91 Å². The fourth-order valence-corrected chi connectivity index (χ4v) is 3.44. The van der Waals surface area contributed by atoms with Crippen LogP contribution in [-0.2, 0) is 14.3 Å². The molecule has 0 aromatic heterocycles. The Labute approximate surface area is 126 Å². The summed E-state index contributed by atoms with van der Waals surface area (Å²) in [6.45, 7) is 4.27. The molecule has 2 fully saturated rings. The first-order valence-electron chi connectivity index (χ1n) is 8.17. The van der Waals surface area contributed by atoms with Crippen LogP contribution in [0.4, 0.5) is 0 Å². The largest absolute Gasteiger partial charge is 0.481 e. The average Bonchev–Trinajstić information content (AvgIpc) is 2.47. The average molecular weight is 297 g/mol. The molecule has 3 unspecified atom stereocenters. The van der Waals surface area contributed by atoms with E-state index < -0.39 is 5.97 Å². The van der Waals surface area contributed by atoms with E-state index in [4.69, 9.17) is 9.84 Å². The molecule has 0 saturated carbocycles. The molecule has 2 rings (SSSR count). The minimum absolute atomic E-state index is 0.0862. The Morgan fingerprint density at radius 3 is 2.76 bits per heavy atom. The number of carbonyl (C=O) groups excluding carboxylic acids is 1. The van der Waals surface area contributed by atoms with Crippen LogP contribution in [0.3, 0.4) is 0 Å². The van der Waals surface area contributed by atoms with Crippen molar-refractivity contribution in [2.24, 2.45) is 11.8 Å². The van der Waals surface area contributed by atoms with Crippen molar-refractivity contribution in [2.45, 2.75) is 58.0 Å². The van der Waals surface area contributed by atoms with Crippen molar-refractivity contribution in [1.29, 1.82) is 0 Å². The van der Waals surface area contributed by atoms with Crippen molar-refractivity contribution in [3.63, 3.8) is 0 Å². The van der Waals surface area contributed by atoms with Gasteiger partial charge in [-0.1, -0.05) is 6.92 Å². The Hall–Kier alpha value is -1.10. The third kappa shape index (κ3) is 4.99. The van der Waals surface area contributed by atoms with Crippen molar-refractivity contribution in [3.05, 3.63) is 0 Å². The number of carboxylic acid groups (broad SMARTS) is 1. The number of rotatable bonds is 5. The summed E-state index contributed by atoms with van der Waals surface area (Å²) in [6, 6.07) is 0. The smallest absolute Gasteiger partial charge is 0.303 e. The van der Waals surface area contributed by atoms with Crippen LogP contribution in [0.2, 0.25) is 0 Å². The van der Waals surface area contributed by atoms with Gasteiger partial charge in [0.1, 0.15) is 0 Å². The lowest BCUT2D eigenvalue weighted by Gasteiger charge is -2.36. The SMILES string of the molecule is CC(CC(=O)O)C1CCCN(C(=O)CC2CCCCO2)C1. The van der Waals surface area contributed by atoms with Crippen molar-refractivity contribution in [2.75, 3.05) is 19.7 Å². The molecule has 3 atom stereocenters. The predicted molar refractivity (Wildman–Crippen MR) is 78.9 cm³/mol. The molecule has 1 N–H and O–H groups in total. The highest BCUT2D eigenvalue weighted by molar-refractivity contribution is 5.76. The molecule has 5 heteroatoms. The molecular formula is C16H27NO4. The topological polar surface area (TPSA) is 66.8 Å². The summed E-state index contributed by atoms with van der Waals surface area (Å²) in [7, 11) is 0. The van der Waals surface area contributed by atoms with Crippen LogP contribution >= 0.6 is 0 Å². The lowest BCUT2D eigenvalue weighted by molar-refractivity contribution is -0.139. The minimum atomic E-state index is -0.749. The van der Waals surface area contributed by atoms with Crippen LogP contribution in [0.5, 0.6) is 0 Å². The van der Waals surface area contributed by atoms with Gasteiger partial charge in [0.15, 0.2) is 0 Å². The zero-order valence-corrected chi connectivity index (χ0v) is 12.9. The second-order valence-corrected chi connectivity index (χ2v) is 6.51. The van der Waals surface area contributed by atoms with Gasteiger partial charge in [0.25, 0.3) is 0 Å². The van der Waals surface area contributed by atoms with E-state index in [2.05, 4.69) is 0 Å². The quantitative estimate of drug-likeness (QED) is 0.845. The van der Waals surface area contributed by atoms with E-state index in [1.54, 1.807) is 0 Å². The number of amides is 1. The zero-order chi connectivity index (χ0) is 15.2. The highest BCUT2D eigenvalue weighted by Crippen LogP contribution is 2.27. The minimum Gasteiger partial charge on any atom is -0.481 e. The summed E-state index contributed by atoms with van der Waals surface area (Å²) in [5.74, 6) is -0.134. The van der Waals surface area contributed by atoms with E-state index >= 15 is 0 Å². The van der Waals surface area contributed by atoms with Crippen molar-refractivity contribution >= 4 is 11.9 Å². The number of hydrogen-bond acceptors (Lipinski definition) is 3. The Balaban J connectivity index is 1.81. The third-order valence-corrected chi connectivity index (χ3v) is 4.79. The number of hydrogen-bond donors (Lipinski definition) is 1. The van der Waals surface area contributed by atoms with E-state index in [-0.39, 0.29) is 24.3 Å². The van der Waals surface area contributed by atoms with Gasteiger partial charge in [-0.05, 0) is 43.9 Å².